The summed E-state index contributed by atoms with van der Waals surface area (Å²) in [5, 5.41) is 0. The monoisotopic (exact) mass is 234 g/mol. The number of ether oxygens (including phenoxy) is 1. The van der Waals surface area contributed by atoms with E-state index in [4.69, 9.17) is 5.73 Å². The molecule has 1 rings (SSSR count). The summed E-state index contributed by atoms with van der Waals surface area (Å²) in [4.78, 5) is 14.1. The van der Waals surface area contributed by atoms with Crippen LogP contribution in [0.1, 0.15) is 21.6 Å². The van der Waals surface area contributed by atoms with Crippen LogP contribution in [0.4, 0.5) is 13.2 Å². The number of hydrogen-bond donors (Lipinski definition) is 1. The highest BCUT2D eigenvalue weighted by Crippen LogP contribution is 2.27. The molecule has 0 aliphatic rings. The van der Waals surface area contributed by atoms with Crippen molar-refractivity contribution in [2.75, 3.05) is 0 Å². The van der Waals surface area contributed by atoms with E-state index in [0.717, 1.165) is 6.20 Å². The third kappa shape index (κ3) is 2.69. The predicted molar refractivity (Wildman–Crippen MR) is 48.9 cm³/mol. The highest BCUT2D eigenvalue weighted by atomic mass is 19.4. The minimum absolute atomic E-state index is 0.0227. The molecule has 1 aromatic heterocycles. The highest BCUT2D eigenvalue weighted by molar-refractivity contribution is 5.75. The van der Waals surface area contributed by atoms with Crippen molar-refractivity contribution in [3.05, 3.63) is 23.0 Å². The molecule has 1 heterocycles. The smallest absolute Gasteiger partial charge is 0.404 e. The van der Waals surface area contributed by atoms with Crippen LogP contribution < -0.4 is 10.5 Å². The normalized spacial score (nSPS) is 11.3. The first-order valence-corrected chi connectivity index (χ1v) is 4.28. The summed E-state index contributed by atoms with van der Waals surface area (Å²) in [6, 6.07) is 0. The molecule has 2 N–H and O–H groups in total. The van der Waals surface area contributed by atoms with Gasteiger partial charge in [0, 0.05) is 12.1 Å². The number of aromatic nitrogens is 1. The number of aldehydes is 1. The zero-order valence-electron chi connectivity index (χ0n) is 8.34. The average molecular weight is 234 g/mol. The molecule has 0 saturated heterocycles. The van der Waals surface area contributed by atoms with Crippen molar-refractivity contribution >= 4 is 6.29 Å². The van der Waals surface area contributed by atoms with Gasteiger partial charge in [-0.25, -0.2) is 4.98 Å². The van der Waals surface area contributed by atoms with Gasteiger partial charge in [-0.15, -0.1) is 13.2 Å². The van der Waals surface area contributed by atoms with Crippen molar-refractivity contribution in [1.82, 2.24) is 4.98 Å². The molecule has 1 aromatic rings. The van der Waals surface area contributed by atoms with Crippen molar-refractivity contribution in [2.45, 2.75) is 19.8 Å². The first-order valence-electron chi connectivity index (χ1n) is 4.28. The molecular formula is C9H9F3N2O2. The Labute approximate surface area is 89.2 Å². The van der Waals surface area contributed by atoms with E-state index in [0.29, 0.717) is 6.29 Å². The molecule has 7 heteroatoms. The molecule has 0 aliphatic heterocycles. The Hall–Kier alpha value is -1.63. The summed E-state index contributed by atoms with van der Waals surface area (Å²) >= 11 is 0. The fraction of sp³-hybridized carbons (Fsp3) is 0.333. The number of nitrogens with two attached hydrogens (primary N) is 1. The van der Waals surface area contributed by atoms with Gasteiger partial charge in [-0.2, -0.15) is 0 Å². The minimum Gasteiger partial charge on any atom is -0.404 e. The average Bonchev–Trinajstić information content (AvgIpc) is 2.19. The standard InChI is InChI=1S/C9H9F3N2O2/c1-5-6(2-13)7(4-15)14-3-8(5)16-9(10,11)12/h3-4H,2,13H2,1H3. The van der Waals surface area contributed by atoms with E-state index in [1.807, 2.05) is 0 Å². The molecule has 0 unspecified atom stereocenters. The van der Waals surface area contributed by atoms with Gasteiger partial charge in [-0.05, 0) is 12.5 Å². The van der Waals surface area contributed by atoms with E-state index in [1.165, 1.54) is 6.92 Å². The number of nitrogens with zero attached hydrogens (tertiary/aromatic N) is 1. The molecule has 0 radical (unpaired) electrons. The number of pyridine rings is 1. The second kappa shape index (κ2) is 4.48. The van der Waals surface area contributed by atoms with Gasteiger partial charge in [0.1, 0.15) is 5.69 Å². The maximum Gasteiger partial charge on any atom is 0.573 e. The van der Waals surface area contributed by atoms with E-state index in [1.54, 1.807) is 0 Å². The van der Waals surface area contributed by atoms with E-state index in [-0.39, 0.29) is 23.4 Å². The molecule has 0 bridgehead atoms. The first-order chi connectivity index (χ1) is 7.39. The third-order valence-electron chi connectivity index (χ3n) is 1.99. The van der Waals surface area contributed by atoms with Gasteiger partial charge < -0.3 is 10.5 Å². The van der Waals surface area contributed by atoms with Crippen LogP contribution in [0.2, 0.25) is 0 Å². The molecule has 4 nitrogen and oxygen atoms in total. The van der Waals surface area contributed by atoms with Gasteiger partial charge in [0.05, 0.1) is 6.20 Å². The Morgan fingerprint density at radius 1 is 1.56 bits per heavy atom. The van der Waals surface area contributed by atoms with Crippen molar-refractivity contribution in [3.63, 3.8) is 0 Å². The quantitative estimate of drug-likeness (QED) is 0.806. The fourth-order valence-corrected chi connectivity index (χ4v) is 1.23. The summed E-state index contributed by atoms with van der Waals surface area (Å²) in [6.07, 6.45) is -3.50. The maximum absolute atomic E-state index is 12.0. The molecule has 16 heavy (non-hydrogen) atoms. The molecular weight excluding hydrogens is 225 g/mol. The maximum atomic E-state index is 12.0. The molecule has 0 spiro atoms. The van der Waals surface area contributed by atoms with Gasteiger partial charge in [0.15, 0.2) is 12.0 Å². The largest absolute Gasteiger partial charge is 0.573 e. The zero-order valence-corrected chi connectivity index (χ0v) is 8.34. The molecule has 88 valence electrons. The van der Waals surface area contributed by atoms with Crippen molar-refractivity contribution in [1.29, 1.82) is 0 Å². The SMILES string of the molecule is Cc1c(OC(F)(F)F)cnc(C=O)c1CN. The number of hydrogen-bond acceptors (Lipinski definition) is 4. The lowest BCUT2D eigenvalue weighted by atomic mass is 10.1. The highest BCUT2D eigenvalue weighted by Gasteiger charge is 2.32. The topological polar surface area (TPSA) is 65.2 Å². The molecule has 0 aliphatic carbocycles. The van der Waals surface area contributed by atoms with Crippen LogP contribution in [0, 0.1) is 6.92 Å². The third-order valence-corrected chi connectivity index (χ3v) is 1.99. The predicted octanol–water partition coefficient (Wildman–Crippen LogP) is 1.56. The number of carbonyl (C=O) groups is 1. The van der Waals surface area contributed by atoms with Crippen LogP contribution in [0.25, 0.3) is 0 Å². The Morgan fingerprint density at radius 2 is 2.19 bits per heavy atom. The minimum atomic E-state index is -4.79. The second-order valence-corrected chi connectivity index (χ2v) is 2.98. The van der Waals surface area contributed by atoms with E-state index in [9.17, 15) is 18.0 Å². The van der Waals surface area contributed by atoms with Crippen molar-refractivity contribution in [2.24, 2.45) is 5.73 Å². The number of alkyl halides is 3. The van der Waals surface area contributed by atoms with E-state index < -0.39 is 12.1 Å². The zero-order chi connectivity index (χ0) is 12.3. The second-order valence-electron chi connectivity index (χ2n) is 2.98. The first kappa shape index (κ1) is 12.4. The molecule has 0 aromatic carbocycles. The fourth-order valence-electron chi connectivity index (χ4n) is 1.23. The van der Waals surface area contributed by atoms with Crippen LogP contribution in [0.15, 0.2) is 6.20 Å². The van der Waals surface area contributed by atoms with Gasteiger partial charge in [-0.1, -0.05) is 0 Å². The number of rotatable bonds is 3. The van der Waals surface area contributed by atoms with E-state index in [2.05, 4.69) is 9.72 Å². The van der Waals surface area contributed by atoms with Gasteiger partial charge >= 0.3 is 6.36 Å². The van der Waals surface area contributed by atoms with Gasteiger partial charge in [-0.3, -0.25) is 4.79 Å². The van der Waals surface area contributed by atoms with Crippen LogP contribution in [-0.4, -0.2) is 17.6 Å². The summed E-state index contributed by atoms with van der Waals surface area (Å²) in [5.74, 6) is -0.446. The summed E-state index contributed by atoms with van der Waals surface area (Å²) < 4.78 is 39.7. The van der Waals surface area contributed by atoms with Crippen LogP contribution in [0.5, 0.6) is 5.75 Å². The van der Waals surface area contributed by atoms with E-state index >= 15 is 0 Å². The van der Waals surface area contributed by atoms with Crippen molar-refractivity contribution in [3.8, 4) is 5.75 Å². The Bertz CT molecular complexity index is 404. The summed E-state index contributed by atoms with van der Waals surface area (Å²) in [5.41, 5.74) is 5.76. The molecule has 0 saturated carbocycles. The number of halogens is 3. The Morgan fingerprint density at radius 3 is 2.62 bits per heavy atom. The molecule has 0 atom stereocenters. The Kier molecular flexibility index (Phi) is 3.48. The van der Waals surface area contributed by atoms with Crippen LogP contribution >= 0.6 is 0 Å². The van der Waals surface area contributed by atoms with Crippen molar-refractivity contribution < 1.29 is 22.7 Å². The lowest BCUT2D eigenvalue weighted by Gasteiger charge is -2.13. The summed E-state index contributed by atoms with van der Waals surface area (Å²) in [6.45, 7) is 1.31. The van der Waals surface area contributed by atoms with Crippen LogP contribution in [-0.2, 0) is 6.54 Å². The number of carbonyl (C=O) groups excluding carboxylic acids is 1. The molecule has 0 amide bonds. The lowest BCUT2D eigenvalue weighted by molar-refractivity contribution is -0.275. The van der Waals surface area contributed by atoms with Crippen LogP contribution in [0.3, 0.4) is 0 Å². The Balaban J connectivity index is 3.19. The lowest BCUT2D eigenvalue weighted by Crippen LogP contribution is -2.19. The summed E-state index contributed by atoms with van der Waals surface area (Å²) in [7, 11) is 0. The van der Waals surface area contributed by atoms with Gasteiger partial charge in [0.2, 0.25) is 0 Å². The molecule has 0 fully saturated rings. The van der Waals surface area contributed by atoms with Gasteiger partial charge in [0.25, 0.3) is 0 Å².